The van der Waals surface area contributed by atoms with E-state index in [4.69, 9.17) is 0 Å². The van der Waals surface area contributed by atoms with Crippen molar-refractivity contribution in [1.29, 1.82) is 0 Å². The van der Waals surface area contributed by atoms with E-state index in [0.29, 0.717) is 17.6 Å². The van der Waals surface area contributed by atoms with Gasteiger partial charge in [-0.3, -0.25) is 15.1 Å². The second kappa shape index (κ2) is 4.47. The highest BCUT2D eigenvalue weighted by Gasteiger charge is 2.36. The summed E-state index contributed by atoms with van der Waals surface area (Å²) in [6, 6.07) is 2.07. The molecule has 16 heavy (non-hydrogen) atoms. The molecule has 5 nitrogen and oxygen atoms in total. The monoisotopic (exact) mass is 221 g/mol. The number of hydrogen-bond acceptors (Lipinski definition) is 4. The van der Waals surface area contributed by atoms with Crippen LogP contribution < -0.4 is 5.32 Å². The zero-order valence-corrected chi connectivity index (χ0v) is 9.22. The molecule has 0 bridgehead atoms. The summed E-state index contributed by atoms with van der Waals surface area (Å²) < 4.78 is 0. The maximum atomic E-state index is 10.8. The van der Waals surface area contributed by atoms with Gasteiger partial charge < -0.3 is 5.32 Å². The van der Waals surface area contributed by atoms with E-state index in [1.165, 1.54) is 19.0 Å². The smallest absolute Gasteiger partial charge is 0.310 e. The average molecular weight is 221 g/mol. The Hall–Kier alpha value is -1.65. The largest absolute Gasteiger partial charge is 0.376 e. The lowest BCUT2D eigenvalue weighted by atomic mass is 10.2. The predicted octanol–water partition coefficient (Wildman–Crippen LogP) is 2.59. The van der Waals surface area contributed by atoms with Crippen LogP contribution in [0, 0.1) is 16.0 Å². The van der Waals surface area contributed by atoms with Crippen LogP contribution in [0.1, 0.15) is 26.2 Å². The molecular formula is C11H15N3O2. The molecule has 0 aliphatic heterocycles. The topological polar surface area (TPSA) is 68.1 Å². The minimum atomic E-state index is -0.396. The van der Waals surface area contributed by atoms with Crippen LogP contribution in [0.3, 0.4) is 0 Å². The third-order valence-corrected chi connectivity index (χ3v) is 2.92. The number of nitro groups is 1. The first-order chi connectivity index (χ1) is 7.72. The van der Waals surface area contributed by atoms with Crippen molar-refractivity contribution in [1.82, 2.24) is 4.98 Å². The molecule has 0 amide bonds. The average Bonchev–Trinajstić information content (AvgIpc) is 2.97. The molecular weight excluding hydrogens is 206 g/mol. The lowest BCUT2D eigenvalue weighted by molar-refractivity contribution is -0.384. The highest BCUT2D eigenvalue weighted by Crippen LogP contribution is 2.38. The van der Waals surface area contributed by atoms with Crippen molar-refractivity contribution in [3.63, 3.8) is 0 Å². The summed E-state index contributed by atoms with van der Waals surface area (Å²) >= 11 is 0. The Morgan fingerprint density at radius 2 is 2.50 bits per heavy atom. The van der Waals surface area contributed by atoms with Crippen molar-refractivity contribution in [3.05, 3.63) is 28.6 Å². The van der Waals surface area contributed by atoms with Gasteiger partial charge in [-0.1, -0.05) is 13.3 Å². The molecule has 1 aliphatic rings. The molecule has 2 unspecified atom stereocenters. The second-order valence-electron chi connectivity index (χ2n) is 4.19. The number of nitrogens with one attached hydrogen (secondary N) is 1. The molecule has 1 fully saturated rings. The van der Waals surface area contributed by atoms with Crippen LogP contribution in [0.5, 0.6) is 0 Å². The SMILES string of the molecule is CCCC1CC1Nc1ccncc1[N+](=O)[O-]. The van der Waals surface area contributed by atoms with Gasteiger partial charge in [-0.25, -0.2) is 0 Å². The number of rotatable bonds is 5. The summed E-state index contributed by atoms with van der Waals surface area (Å²) in [5.74, 6) is 0.678. The van der Waals surface area contributed by atoms with E-state index in [9.17, 15) is 10.1 Å². The highest BCUT2D eigenvalue weighted by atomic mass is 16.6. The Morgan fingerprint density at radius 3 is 3.19 bits per heavy atom. The van der Waals surface area contributed by atoms with Crippen LogP contribution in [0.15, 0.2) is 18.5 Å². The molecule has 1 aromatic heterocycles. The summed E-state index contributed by atoms with van der Waals surface area (Å²) in [7, 11) is 0. The van der Waals surface area contributed by atoms with Gasteiger partial charge in [0.1, 0.15) is 11.9 Å². The van der Waals surface area contributed by atoms with Crippen molar-refractivity contribution in [2.75, 3.05) is 5.32 Å². The molecule has 1 heterocycles. The van der Waals surface area contributed by atoms with Crippen LogP contribution in [-0.4, -0.2) is 15.9 Å². The van der Waals surface area contributed by atoms with Gasteiger partial charge in [0, 0.05) is 12.2 Å². The lowest BCUT2D eigenvalue weighted by Gasteiger charge is -2.05. The Kier molecular flexibility index (Phi) is 3.03. The maximum Gasteiger partial charge on any atom is 0.310 e. The van der Waals surface area contributed by atoms with Crippen molar-refractivity contribution >= 4 is 11.4 Å². The lowest BCUT2D eigenvalue weighted by Crippen LogP contribution is -2.07. The molecule has 2 atom stereocenters. The second-order valence-corrected chi connectivity index (χ2v) is 4.19. The minimum absolute atomic E-state index is 0.0599. The number of hydrogen-bond donors (Lipinski definition) is 1. The van der Waals surface area contributed by atoms with Crippen LogP contribution >= 0.6 is 0 Å². The standard InChI is InChI=1S/C11H15N3O2/c1-2-3-8-6-10(8)13-9-4-5-12-7-11(9)14(15)16/h4-5,7-8,10H,2-3,6H2,1H3,(H,12,13). The zero-order chi connectivity index (χ0) is 11.5. The maximum absolute atomic E-state index is 10.8. The van der Waals surface area contributed by atoms with Gasteiger partial charge in [0.05, 0.1) is 4.92 Å². The summed E-state index contributed by atoms with van der Waals surface area (Å²) in [5, 5.41) is 14.0. The number of anilines is 1. The summed E-state index contributed by atoms with van der Waals surface area (Å²) in [4.78, 5) is 14.1. The van der Waals surface area contributed by atoms with E-state index in [-0.39, 0.29) is 5.69 Å². The summed E-state index contributed by atoms with van der Waals surface area (Å²) in [6.07, 6.45) is 6.34. The molecule has 1 aromatic rings. The molecule has 1 saturated carbocycles. The van der Waals surface area contributed by atoms with Crippen LogP contribution in [0.25, 0.3) is 0 Å². The highest BCUT2D eigenvalue weighted by molar-refractivity contribution is 5.60. The van der Waals surface area contributed by atoms with Gasteiger partial charge in [0.2, 0.25) is 0 Å². The molecule has 1 aliphatic carbocycles. The van der Waals surface area contributed by atoms with Gasteiger partial charge in [0.15, 0.2) is 0 Å². The third-order valence-electron chi connectivity index (χ3n) is 2.92. The Morgan fingerprint density at radius 1 is 1.69 bits per heavy atom. The van der Waals surface area contributed by atoms with Gasteiger partial charge in [-0.15, -0.1) is 0 Å². The minimum Gasteiger partial charge on any atom is -0.376 e. The quantitative estimate of drug-likeness (QED) is 0.613. The Balaban J connectivity index is 2.02. The first-order valence-electron chi connectivity index (χ1n) is 5.57. The van der Waals surface area contributed by atoms with Crippen molar-refractivity contribution in [2.24, 2.45) is 5.92 Å². The Labute approximate surface area is 94.0 Å². The molecule has 0 spiro atoms. The first kappa shape index (κ1) is 10.9. The predicted molar refractivity (Wildman–Crippen MR) is 61.3 cm³/mol. The first-order valence-corrected chi connectivity index (χ1v) is 5.57. The van der Waals surface area contributed by atoms with Crippen molar-refractivity contribution in [3.8, 4) is 0 Å². The molecule has 0 aromatic carbocycles. The van der Waals surface area contributed by atoms with E-state index < -0.39 is 4.92 Å². The van der Waals surface area contributed by atoms with Crippen LogP contribution in [0.2, 0.25) is 0 Å². The number of aromatic nitrogens is 1. The Bertz CT molecular complexity index is 395. The normalized spacial score (nSPS) is 22.8. The van der Waals surface area contributed by atoms with E-state index in [0.717, 1.165) is 6.42 Å². The van der Waals surface area contributed by atoms with E-state index in [2.05, 4.69) is 17.2 Å². The molecule has 2 rings (SSSR count). The van der Waals surface area contributed by atoms with Crippen molar-refractivity contribution < 1.29 is 4.92 Å². The molecule has 0 saturated heterocycles. The van der Waals surface area contributed by atoms with E-state index >= 15 is 0 Å². The van der Waals surface area contributed by atoms with E-state index in [1.54, 1.807) is 12.3 Å². The molecule has 0 radical (unpaired) electrons. The van der Waals surface area contributed by atoms with Gasteiger partial charge in [-0.05, 0) is 24.8 Å². The third kappa shape index (κ3) is 2.29. The van der Waals surface area contributed by atoms with Gasteiger partial charge in [0.25, 0.3) is 0 Å². The van der Waals surface area contributed by atoms with Crippen molar-refractivity contribution in [2.45, 2.75) is 32.2 Å². The zero-order valence-electron chi connectivity index (χ0n) is 9.22. The molecule has 1 N–H and O–H groups in total. The molecule has 86 valence electrons. The van der Waals surface area contributed by atoms with Gasteiger partial charge >= 0.3 is 5.69 Å². The molecule has 5 heteroatoms. The fourth-order valence-corrected chi connectivity index (χ4v) is 1.97. The number of nitrogens with zero attached hydrogens (tertiary/aromatic N) is 2. The number of pyridine rings is 1. The van der Waals surface area contributed by atoms with E-state index in [1.807, 2.05) is 0 Å². The van der Waals surface area contributed by atoms with Crippen LogP contribution in [-0.2, 0) is 0 Å². The summed E-state index contributed by atoms with van der Waals surface area (Å²) in [5.41, 5.74) is 0.647. The summed E-state index contributed by atoms with van der Waals surface area (Å²) in [6.45, 7) is 2.16. The van der Waals surface area contributed by atoms with Crippen LogP contribution in [0.4, 0.5) is 11.4 Å². The van der Waals surface area contributed by atoms with Gasteiger partial charge in [-0.2, -0.15) is 0 Å². The fraction of sp³-hybridized carbons (Fsp3) is 0.545. The fourth-order valence-electron chi connectivity index (χ4n) is 1.97.